The molecule has 1 aromatic heterocycles. The summed E-state index contributed by atoms with van der Waals surface area (Å²) in [5.41, 5.74) is 4.48. The zero-order valence-electron chi connectivity index (χ0n) is 19.5. The van der Waals surface area contributed by atoms with Crippen LogP contribution in [0.4, 0.5) is 0 Å². The summed E-state index contributed by atoms with van der Waals surface area (Å²) in [6.45, 7) is 4.41. The molecule has 1 amide bonds. The maximum atomic E-state index is 12.6. The van der Waals surface area contributed by atoms with Crippen LogP contribution in [0.25, 0.3) is 11.0 Å². The van der Waals surface area contributed by atoms with Gasteiger partial charge in [0.2, 0.25) is 0 Å². The standard InChI is InChI=1S/C28H29N3O3/c1-3-31-25-16-21(26(33)29-17-18(2)32)14-15-24(25)30-27(31)28(34)22-10-6-4-8-19(22)12-13-20-9-5-7-11-23(20)28/h4-11,14-16,18,32,34H,3,12-13,17H2,1-2H3,(H,29,33)/t18-/m1/s1. The van der Waals surface area contributed by atoms with Crippen molar-refractivity contribution in [3.8, 4) is 0 Å². The molecule has 1 atom stereocenters. The topological polar surface area (TPSA) is 87.4 Å². The van der Waals surface area contributed by atoms with E-state index < -0.39 is 11.7 Å². The molecule has 1 aliphatic carbocycles. The number of rotatable bonds is 5. The number of benzene rings is 3. The highest BCUT2D eigenvalue weighted by Crippen LogP contribution is 2.43. The molecule has 0 fully saturated rings. The first-order valence-corrected chi connectivity index (χ1v) is 11.8. The van der Waals surface area contributed by atoms with Gasteiger partial charge in [0.15, 0.2) is 11.4 Å². The number of aryl methyl sites for hydroxylation is 3. The van der Waals surface area contributed by atoms with Crippen LogP contribution in [0, 0.1) is 0 Å². The normalized spacial score (nSPS) is 15.3. The molecule has 174 valence electrons. The highest BCUT2D eigenvalue weighted by Gasteiger charge is 2.42. The van der Waals surface area contributed by atoms with Gasteiger partial charge in [0, 0.05) is 18.7 Å². The number of hydrogen-bond acceptors (Lipinski definition) is 4. The Morgan fingerprint density at radius 2 is 1.68 bits per heavy atom. The average Bonchev–Trinajstić information content (AvgIpc) is 3.18. The fraction of sp³-hybridized carbons (Fsp3) is 0.286. The third-order valence-electron chi connectivity index (χ3n) is 6.69. The Morgan fingerprint density at radius 3 is 2.26 bits per heavy atom. The van der Waals surface area contributed by atoms with Gasteiger partial charge in [0.1, 0.15) is 0 Å². The molecule has 6 heteroatoms. The second-order valence-electron chi connectivity index (χ2n) is 8.97. The van der Waals surface area contributed by atoms with E-state index in [0.717, 1.165) is 46.1 Å². The van der Waals surface area contributed by atoms with Gasteiger partial charge in [-0.2, -0.15) is 0 Å². The third kappa shape index (κ3) is 3.59. The predicted molar refractivity (Wildman–Crippen MR) is 132 cm³/mol. The Bertz CT molecular complexity index is 1330. The Hall–Kier alpha value is -3.48. The minimum atomic E-state index is -1.42. The van der Waals surface area contributed by atoms with Crippen LogP contribution in [0.15, 0.2) is 66.7 Å². The van der Waals surface area contributed by atoms with Gasteiger partial charge >= 0.3 is 0 Å². The highest BCUT2D eigenvalue weighted by molar-refractivity contribution is 5.97. The van der Waals surface area contributed by atoms with Crippen molar-refractivity contribution in [1.29, 1.82) is 0 Å². The van der Waals surface area contributed by atoms with Crippen LogP contribution in [0.3, 0.4) is 0 Å². The maximum absolute atomic E-state index is 12.6. The molecule has 3 N–H and O–H groups in total. The third-order valence-corrected chi connectivity index (χ3v) is 6.69. The lowest BCUT2D eigenvalue weighted by atomic mass is 9.82. The Labute approximate surface area is 198 Å². The Kier molecular flexibility index (Phi) is 5.71. The van der Waals surface area contributed by atoms with Crippen LogP contribution >= 0.6 is 0 Å². The molecular weight excluding hydrogens is 426 g/mol. The zero-order chi connectivity index (χ0) is 23.9. The molecule has 1 heterocycles. The first-order chi connectivity index (χ1) is 16.4. The summed E-state index contributed by atoms with van der Waals surface area (Å²) in [4.78, 5) is 17.6. The predicted octanol–water partition coefficient (Wildman–Crippen LogP) is 3.55. The van der Waals surface area contributed by atoms with Crippen molar-refractivity contribution in [3.05, 3.63) is 100 Å². The fourth-order valence-electron chi connectivity index (χ4n) is 5.04. The summed E-state index contributed by atoms with van der Waals surface area (Å²) in [5.74, 6) is 0.297. The van der Waals surface area contributed by atoms with Crippen LogP contribution in [0.5, 0.6) is 0 Å². The molecule has 0 aliphatic heterocycles. The Balaban J connectivity index is 1.72. The van der Waals surface area contributed by atoms with Crippen molar-refractivity contribution in [1.82, 2.24) is 14.9 Å². The first kappa shape index (κ1) is 22.3. The van der Waals surface area contributed by atoms with Crippen molar-refractivity contribution in [2.75, 3.05) is 6.54 Å². The van der Waals surface area contributed by atoms with E-state index in [1.165, 1.54) is 0 Å². The summed E-state index contributed by atoms with van der Waals surface area (Å²) < 4.78 is 2.00. The summed E-state index contributed by atoms with van der Waals surface area (Å²) in [6.07, 6.45) is 1.07. The van der Waals surface area contributed by atoms with E-state index in [0.29, 0.717) is 17.9 Å². The summed E-state index contributed by atoms with van der Waals surface area (Å²) >= 11 is 0. The fourth-order valence-corrected chi connectivity index (χ4v) is 5.04. The summed E-state index contributed by atoms with van der Waals surface area (Å²) in [7, 11) is 0. The number of aliphatic hydroxyl groups is 2. The number of fused-ring (bicyclic) bond motifs is 3. The lowest BCUT2D eigenvalue weighted by molar-refractivity contribution is 0.0924. The molecule has 0 saturated carbocycles. The van der Waals surface area contributed by atoms with Crippen molar-refractivity contribution in [3.63, 3.8) is 0 Å². The summed E-state index contributed by atoms with van der Waals surface area (Å²) in [6, 6.07) is 21.4. The molecule has 6 nitrogen and oxygen atoms in total. The zero-order valence-corrected chi connectivity index (χ0v) is 19.5. The van der Waals surface area contributed by atoms with Gasteiger partial charge in [-0.25, -0.2) is 4.98 Å². The second-order valence-corrected chi connectivity index (χ2v) is 8.97. The van der Waals surface area contributed by atoms with Gasteiger partial charge in [-0.15, -0.1) is 0 Å². The van der Waals surface area contributed by atoms with Crippen LogP contribution < -0.4 is 5.32 Å². The molecule has 0 unspecified atom stereocenters. The van der Waals surface area contributed by atoms with Crippen LogP contribution in [-0.4, -0.2) is 38.3 Å². The number of aliphatic hydroxyl groups excluding tert-OH is 1. The number of nitrogens with one attached hydrogen (secondary N) is 1. The molecule has 0 saturated heterocycles. The number of carbonyl (C=O) groups excluding carboxylic acids is 1. The number of carbonyl (C=O) groups is 1. The molecule has 34 heavy (non-hydrogen) atoms. The van der Waals surface area contributed by atoms with Crippen molar-refractivity contribution < 1.29 is 15.0 Å². The van der Waals surface area contributed by atoms with Crippen LogP contribution in [-0.2, 0) is 25.0 Å². The van der Waals surface area contributed by atoms with Gasteiger partial charge in [-0.1, -0.05) is 48.5 Å². The number of amides is 1. The van der Waals surface area contributed by atoms with E-state index in [1.807, 2.05) is 60.0 Å². The quantitative estimate of drug-likeness (QED) is 0.430. The molecule has 1 aliphatic rings. The number of imidazole rings is 1. The second kappa shape index (κ2) is 8.70. The lowest BCUT2D eigenvalue weighted by Gasteiger charge is -2.31. The first-order valence-electron chi connectivity index (χ1n) is 11.8. The van der Waals surface area contributed by atoms with Crippen molar-refractivity contribution >= 4 is 16.9 Å². The van der Waals surface area contributed by atoms with E-state index in [9.17, 15) is 15.0 Å². The van der Waals surface area contributed by atoms with Crippen molar-refractivity contribution in [2.24, 2.45) is 0 Å². The van der Waals surface area contributed by atoms with Crippen LogP contribution in [0.2, 0.25) is 0 Å². The van der Waals surface area contributed by atoms with Crippen molar-refractivity contribution in [2.45, 2.75) is 44.9 Å². The Morgan fingerprint density at radius 1 is 1.06 bits per heavy atom. The molecular formula is C28H29N3O3. The smallest absolute Gasteiger partial charge is 0.251 e. The van der Waals surface area contributed by atoms with E-state index in [1.54, 1.807) is 13.0 Å². The van der Waals surface area contributed by atoms with E-state index in [2.05, 4.69) is 17.4 Å². The van der Waals surface area contributed by atoms with E-state index in [4.69, 9.17) is 4.98 Å². The molecule has 3 aromatic carbocycles. The van der Waals surface area contributed by atoms with Gasteiger partial charge < -0.3 is 20.1 Å². The molecule has 0 spiro atoms. The molecule has 4 aromatic rings. The van der Waals surface area contributed by atoms with Gasteiger partial charge in [0.05, 0.1) is 17.1 Å². The number of nitrogens with zero attached hydrogens (tertiary/aromatic N) is 2. The SMILES string of the molecule is CCn1c(C2(O)c3ccccc3CCc3ccccc32)nc2ccc(C(=O)NC[C@@H](C)O)cc21. The average molecular weight is 456 g/mol. The largest absolute Gasteiger partial charge is 0.392 e. The van der Waals surface area contributed by atoms with Crippen LogP contribution in [0.1, 0.15) is 52.3 Å². The summed E-state index contributed by atoms with van der Waals surface area (Å²) in [5, 5.41) is 24.8. The monoisotopic (exact) mass is 455 g/mol. The minimum Gasteiger partial charge on any atom is -0.392 e. The highest BCUT2D eigenvalue weighted by atomic mass is 16.3. The van der Waals surface area contributed by atoms with Gasteiger partial charge in [-0.3, -0.25) is 4.79 Å². The number of aromatic nitrogens is 2. The lowest BCUT2D eigenvalue weighted by Crippen LogP contribution is -2.33. The molecule has 0 bridgehead atoms. The maximum Gasteiger partial charge on any atom is 0.251 e. The number of hydrogen-bond donors (Lipinski definition) is 3. The minimum absolute atomic E-state index is 0.183. The van der Waals surface area contributed by atoms with Gasteiger partial charge in [0.25, 0.3) is 5.91 Å². The van der Waals surface area contributed by atoms with E-state index >= 15 is 0 Å². The van der Waals surface area contributed by atoms with Gasteiger partial charge in [-0.05, 0) is 67.1 Å². The molecule has 5 rings (SSSR count). The van der Waals surface area contributed by atoms with E-state index in [-0.39, 0.29) is 12.5 Å². The molecule has 0 radical (unpaired) electrons.